The van der Waals surface area contributed by atoms with Crippen molar-refractivity contribution in [2.24, 2.45) is 0 Å². The van der Waals surface area contributed by atoms with E-state index in [9.17, 15) is 5.41 Å². The molecule has 0 fully saturated rings. The van der Waals surface area contributed by atoms with Gasteiger partial charge in [0, 0.05) is 97.4 Å². The highest BCUT2D eigenvalue weighted by atomic mass is 16.3. The van der Waals surface area contributed by atoms with Crippen LogP contribution >= 0.6 is 0 Å². The highest BCUT2D eigenvalue weighted by Gasteiger charge is 2.22. The Morgan fingerprint density at radius 3 is 2.07 bits per heavy atom. The molecule has 2 N–H and O–H groups in total. The van der Waals surface area contributed by atoms with Crippen molar-refractivity contribution >= 4 is 77.1 Å². The van der Waals surface area contributed by atoms with Gasteiger partial charge in [0.1, 0.15) is 34.5 Å². The van der Waals surface area contributed by atoms with Gasteiger partial charge in [0.05, 0.1) is 41.1 Å². The van der Waals surface area contributed by atoms with Gasteiger partial charge in [0.15, 0.2) is 11.4 Å². The van der Waals surface area contributed by atoms with Crippen molar-refractivity contribution in [3.05, 3.63) is 262 Å². The van der Waals surface area contributed by atoms with Gasteiger partial charge in [-0.2, -0.15) is 15.3 Å². The van der Waals surface area contributed by atoms with Crippen molar-refractivity contribution in [2.75, 3.05) is 5.32 Å². The van der Waals surface area contributed by atoms with Gasteiger partial charge in [-0.1, -0.05) is 78.9 Å². The minimum Gasteiger partial charge on any atom is -0.471 e. The molecule has 81 heavy (non-hydrogen) atoms. The number of nitrogens with zero attached hydrogens (tertiary/aromatic N) is 8. The summed E-state index contributed by atoms with van der Waals surface area (Å²) in [6, 6.07) is 66.5. The Kier molecular flexibility index (Phi) is 10.4. The van der Waals surface area contributed by atoms with Crippen molar-refractivity contribution in [3.63, 3.8) is 0 Å². The number of para-hydroxylation sites is 3. The number of allylic oxidation sites excluding steroid dienone is 1. The summed E-state index contributed by atoms with van der Waals surface area (Å²) < 4.78 is 28.7. The zero-order chi connectivity index (χ0) is 53.5. The maximum atomic E-state index is 9.34. The fourth-order valence-corrected chi connectivity index (χ4v) is 11.5. The first-order chi connectivity index (χ1) is 40.1. The molecule has 0 saturated heterocycles. The molecule has 0 aliphatic carbocycles. The van der Waals surface area contributed by atoms with E-state index in [0.717, 1.165) is 133 Å². The summed E-state index contributed by atoms with van der Waals surface area (Å²) in [4.78, 5) is 0. The van der Waals surface area contributed by atoms with Crippen LogP contribution in [0.25, 0.3) is 128 Å². The minimum atomic E-state index is 0.301. The van der Waals surface area contributed by atoms with Crippen LogP contribution in [0.1, 0.15) is 5.56 Å². The van der Waals surface area contributed by atoms with E-state index in [0.29, 0.717) is 11.3 Å². The molecule has 384 valence electrons. The number of anilines is 1. The fourth-order valence-electron chi connectivity index (χ4n) is 11.5. The van der Waals surface area contributed by atoms with Gasteiger partial charge < -0.3 is 33.1 Å². The van der Waals surface area contributed by atoms with E-state index in [1.165, 1.54) is 0 Å². The zero-order valence-electron chi connectivity index (χ0n) is 43.1. The maximum Gasteiger partial charge on any atom is 0.161 e. The molecule has 0 radical (unpaired) electrons. The molecule has 0 saturated carbocycles. The Labute approximate surface area is 461 Å². The van der Waals surface area contributed by atoms with Crippen molar-refractivity contribution in [3.8, 4) is 62.1 Å². The largest absolute Gasteiger partial charge is 0.471 e. The number of hydrogen-bond acceptors (Lipinski definition) is 8. The van der Waals surface area contributed by atoms with Crippen LogP contribution < -0.4 is 5.32 Å². The van der Waals surface area contributed by atoms with Gasteiger partial charge in [-0.05, 0) is 138 Å². The molecule has 0 aliphatic rings. The van der Waals surface area contributed by atoms with Gasteiger partial charge >= 0.3 is 0 Å². The lowest BCUT2D eigenvalue weighted by Crippen LogP contribution is -2.05. The fraction of sp³-hybridized carbons (Fsp3) is 0. The summed E-state index contributed by atoms with van der Waals surface area (Å²) in [6.07, 6.45) is 18.4. The smallest absolute Gasteiger partial charge is 0.161 e. The highest BCUT2D eigenvalue weighted by Crippen LogP contribution is 2.41. The number of rotatable bonds is 12. The van der Waals surface area contributed by atoms with Crippen LogP contribution in [0.15, 0.2) is 269 Å². The lowest BCUT2D eigenvalue weighted by molar-refractivity contribution is 0.567. The average Bonchev–Trinajstić information content (AvgIpc) is 4.55. The van der Waals surface area contributed by atoms with Crippen LogP contribution in [0.3, 0.4) is 0 Å². The van der Waals surface area contributed by atoms with Crippen LogP contribution in [0.5, 0.6) is 0 Å². The van der Waals surface area contributed by atoms with Crippen LogP contribution in [0.4, 0.5) is 5.69 Å². The lowest BCUT2D eigenvalue weighted by Gasteiger charge is -2.12. The molecular weight excluding hydrogens is 1000 g/mol. The van der Waals surface area contributed by atoms with E-state index in [1.54, 1.807) is 41.9 Å². The Morgan fingerprint density at radius 1 is 0.494 bits per heavy atom. The normalized spacial score (nSPS) is 12.0. The van der Waals surface area contributed by atoms with Gasteiger partial charge in [-0.15, -0.1) is 0 Å². The molecule has 8 aromatic carbocycles. The predicted molar refractivity (Wildman–Crippen MR) is 321 cm³/mol. The summed E-state index contributed by atoms with van der Waals surface area (Å²) in [7, 11) is 0. The van der Waals surface area contributed by atoms with E-state index in [4.69, 9.17) is 18.4 Å². The summed E-state index contributed by atoms with van der Waals surface area (Å²) in [5.74, 6) is 1.73. The molecule has 16 aromatic rings. The second kappa shape index (κ2) is 18.4. The topological polar surface area (TPSA) is 139 Å². The van der Waals surface area contributed by atoms with Crippen molar-refractivity contribution in [2.45, 2.75) is 0 Å². The number of furan rings is 3. The van der Waals surface area contributed by atoms with E-state index < -0.39 is 0 Å². The second-order valence-corrected chi connectivity index (χ2v) is 20.0. The van der Waals surface area contributed by atoms with Crippen molar-refractivity contribution in [1.82, 2.24) is 38.5 Å². The summed E-state index contributed by atoms with van der Waals surface area (Å²) >= 11 is 0. The number of nitrogens with one attached hydrogen (secondary N) is 2. The van der Waals surface area contributed by atoms with Gasteiger partial charge in [0.25, 0.3) is 0 Å². The number of benzene rings is 8. The quantitative estimate of drug-likeness (QED) is 0.116. The molecule has 0 spiro atoms. The van der Waals surface area contributed by atoms with Crippen LogP contribution in [0.2, 0.25) is 0 Å². The molecule has 13 heteroatoms. The standard InChI is InChI=1S/C68H44N10O3/c69-59(27-30-70-47-12-8-11-43(35-47)44-21-25-65-54(36-44)51-16-9-17-62(67(51)81-65)78-66(28-31-72-78)75-34-10-29-71-75)58-42-79-41-57(58)46-20-24-61-53(38-46)52-37-45(19-23-60(52)76(61)48-13-2-1-3-14-48)56-40-73-77(68(56)74-32-6-7-33-74)49-22-26-64-55(39-49)50-15-4-5-18-63(50)80-64/h1-42,69-70H/b30-27-,69-59?. The third-order valence-electron chi connectivity index (χ3n) is 15.3. The number of hydrogen-bond donors (Lipinski definition) is 2. The van der Waals surface area contributed by atoms with Crippen molar-refractivity contribution < 1.29 is 13.3 Å². The van der Waals surface area contributed by atoms with Crippen molar-refractivity contribution in [1.29, 1.82) is 5.41 Å². The summed E-state index contributed by atoms with van der Waals surface area (Å²) in [5.41, 5.74) is 15.8. The lowest BCUT2D eigenvalue weighted by atomic mass is 9.98. The van der Waals surface area contributed by atoms with Crippen LogP contribution in [-0.4, -0.2) is 44.2 Å². The molecule has 0 aliphatic heterocycles. The molecule has 8 heterocycles. The van der Waals surface area contributed by atoms with Gasteiger partial charge in [-0.3, -0.25) is 0 Å². The van der Waals surface area contributed by atoms with E-state index in [1.807, 2.05) is 107 Å². The van der Waals surface area contributed by atoms with Crippen LogP contribution in [0, 0.1) is 5.41 Å². The Hall–Kier alpha value is -11.4. The van der Waals surface area contributed by atoms with E-state index in [-0.39, 0.29) is 0 Å². The molecule has 0 amide bonds. The van der Waals surface area contributed by atoms with Gasteiger partial charge in [0.2, 0.25) is 0 Å². The third kappa shape index (κ3) is 7.55. The monoisotopic (exact) mass is 1050 g/mol. The Bertz CT molecular complexity index is 5120. The van der Waals surface area contributed by atoms with Crippen LogP contribution in [-0.2, 0) is 0 Å². The minimum absolute atomic E-state index is 0.301. The molecule has 0 bridgehead atoms. The van der Waals surface area contributed by atoms with E-state index >= 15 is 0 Å². The molecule has 8 aromatic heterocycles. The third-order valence-corrected chi connectivity index (χ3v) is 15.3. The van der Waals surface area contributed by atoms with Gasteiger partial charge in [-0.25, -0.2) is 14.0 Å². The highest BCUT2D eigenvalue weighted by molar-refractivity contribution is 6.14. The molecule has 0 atom stereocenters. The average molecular weight is 1050 g/mol. The molecule has 0 unspecified atom stereocenters. The first kappa shape index (κ1) is 45.7. The molecule has 13 nitrogen and oxygen atoms in total. The SMILES string of the molecule is N=C(/C=C\Nc1cccc(-c2ccc3oc4c(-n5nccc5-n5cccn5)cccc4c3c2)c1)c1cocc1-c1ccc2c(c1)c1cc(-c3cnn(-c4ccc5oc6ccccc6c5c4)c3-n3cccc3)ccc1n2-c1ccccc1. The first-order valence-electron chi connectivity index (χ1n) is 26.5. The zero-order valence-corrected chi connectivity index (χ0v) is 43.1. The Balaban J connectivity index is 0.709. The number of fused-ring (bicyclic) bond motifs is 9. The van der Waals surface area contributed by atoms with E-state index in [2.05, 4.69) is 146 Å². The second-order valence-electron chi connectivity index (χ2n) is 20.0. The predicted octanol–water partition coefficient (Wildman–Crippen LogP) is 16.5. The molecular formula is C68H44N10O3. The molecule has 16 rings (SSSR count). The number of aromatic nitrogens is 8. The summed E-state index contributed by atoms with van der Waals surface area (Å²) in [5, 5.41) is 33.1. The summed E-state index contributed by atoms with van der Waals surface area (Å²) in [6.45, 7) is 0. The maximum absolute atomic E-state index is 9.34. The Morgan fingerprint density at radius 2 is 1.22 bits per heavy atom. The first-order valence-corrected chi connectivity index (χ1v) is 26.5.